The highest BCUT2D eigenvalue weighted by atomic mass is 14.6. The summed E-state index contributed by atoms with van der Waals surface area (Å²) in [5.41, 5.74) is 5.95. The molecule has 0 saturated heterocycles. The van der Waals surface area contributed by atoms with Gasteiger partial charge in [0.1, 0.15) is 0 Å². The van der Waals surface area contributed by atoms with Crippen molar-refractivity contribution >= 4 is 5.57 Å². The number of rotatable bonds is 2. The van der Waals surface area contributed by atoms with Gasteiger partial charge >= 0.3 is 0 Å². The average molecular weight is 261 g/mol. The minimum absolute atomic E-state index is 0.986. The zero-order valence-electron chi connectivity index (χ0n) is 12.2. The highest BCUT2D eigenvalue weighted by Gasteiger charge is 2.01. The Morgan fingerprint density at radius 1 is 0.900 bits per heavy atom. The van der Waals surface area contributed by atoms with Gasteiger partial charge in [-0.3, -0.25) is 0 Å². The van der Waals surface area contributed by atoms with E-state index in [1.807, 2.05) is 42.9 Å². The van der Waals surface area contributed by atoms with Crippen molar-refractivity contribution in [3.05, 3.63) is 88.3 Å². The molecule has 0 N–H and O–H groups in total. The third-order valence-corrected chi connectivity index (χ3v) is 3.29. The van der Waals surface area contributed by atoms with E-state index in [4.69, 9.17) is 0 Å². The topological polar surface area (TPSA) is 4.36 Å². The van der Waals surface area contributed by atoms with Crippen molar-refractivity contribution in [2.24, 2.45) is 0 Å². The first-order valence-corrected chi connectivity index (χ1v) is 6.76. The van der Waals surface area contributed by atoms with E-state index in [2.05, 4.69) is 49.9 Å². The van der Waals surface area contributed by atoms with Gasteiger partial charge in [0, 0.05) is 5.56 Å². The molecule has 0 heterocycles. The molecule has 20 heavy (non-hydrogen) atoms. The summed E-state index contributed by atoms with van der Waals surface area (Å²) in [5.74, 6) is 0. The molecule has 0 unspecified atom stereocenters. The Kier molecular flexibility index (Phi) is 4.63. The predicted molar refractivity (Wildman–Crippen MR) is 86.6 cm³/mol. The summed E-state index contributed by atoms with van der Waals surface area (Å²) in [6.07, 6.45) is 0. The van der Waals surface area contributed by atoms with Crippen molar-refractivity contribution < 1.29 is 0 Å². The van der Waals surface area contributed by atoms with E-state index in [1.165, 1.54) is 16.7 Å². The van der Waals surface area contributed by atoms with E-state index in [0.29, 0.717) is 0 Å². The normalized spacial score (nSPS) is 9.35. The number of hydrogen-bond donors (Lipinski definition) is 0. The maximum absolute atomic E-state index is 4.32. The van der Waals surface area contributed by atoms with Crippen LogP contribution in [0, 0.1) is 12.6 Å². The molecule has 0 radical (unpaired) electrons. The second-order valence-electron chi connectivity index (χ2n) is 4.95. The van der Waals surface area contributed by atoms with Crippen LogP contribution in [0.5, 0.6) is 0 Å². The first-order chi connectivity index (χ1) is 9.68. The lowest BCUT2D eigenvalue weighted by molar-refractivity contribution is 1.34. The Morgan fingerprint density at radius 2 is 1.55 bits per heavy atom. The highest BCUT2D eigenvalue weighted by Crippen LogP contribution is 2.23. The number of benzene rings is 2. The van der Waals surface area contributed by atoms with Gasteiger partial charge in [0.25, 0.3) is 0 Å². The fourth-order valence-electron chi connectivity index (χ4n) is 1.91. The van der Waals surface area contributed by atoms with E-state index >= 15 is 0 Å². The second kappa shape index (κ2) is 6.63. The lowest BCUT2D eigenvalue weighted by atomic mass is 9.98. The monoisotopic (exact) mass is 261 g/mol. The summed E-state index contributed by atoms with van der Waals surface area (Å²) in [7, 11) is 0. The molecule has 0 atom stereocenters. The number of hydrogen-bond acceptors (Lipinski definition) is 0. The molecule has 2 aromatic carbocycles. The molecule has 0 fully saturated rings. The Balaban J connectivity index is 2.24. The van der Waals surface area contributed by atoms with Crippen molar-refractivity contribution in [1.29, 1.82) is 0 Å². The highest BCUT2D eigenvalue weighted by molar-refractivity contribution is 5.70. The summed E-state index contributed by atoms with van der Waals surface area (Å²) in [4.78, 5) is 4.32. The molecule has 0 amide bonds. The fraction of sp³-hybridized carbons (Fsp3) is 0.158. The Morgan fingerprint density at radius 3 is 2.25 bits per heavy atom. The van der Waals surface area contributed by atoms with Gasteiger partial charge in [-0.2, -0.15) is 0 Å². The molecule has 1 heteroatoms. The SMILES string of the molecule is CC(C)=C(C)c1ccccc1[CH-][N+]#Cc1ccccc1. The van der Waals surface area contributed by atoms with E-state index in [-0.39, 0.29) is 0 Å². The minimum atomic E-state index is 0.986. The quantitative estimate of drug-likeness (QED) is 0.638. The molecule has 100 valence electrons. The summed E-state index contributed by atoms with van der Waals surface area (Å²) in [6.45, 7) is 8.28. The van der Waals surface area contributed by atoms with Crippen LogP contribution in [-0.4, -0.2) is 0 Å². The molecule has 0 aliphatic rings. The van der Waals surface area contributed by atoms with E-state index < -0.39 is 0 Å². The molecule has 0 aliphatic carbocycles. The first-order valence-electron chi connectivity index (χ1n) is 6.76. The van der Waals surface area contributed by atoms with Crippen molar-refractivity contribution in [2.75, 3.05) is 0 Å². The summed E-state index contributed by atoms with van der Waals surface area (Å²) in [5, 5.41) is 0. The van der Waals surface area contributed by atoms with Gasteiger partial charge in [0.15, 0.2) is 0 Å². The van der Waals surface area contributed by atoms with Crippen LogP contribution in [0.1, 0.15) is 37.5 Å². The molecule has 2 rings (SSSR count). The second-order valence-corrected chi connectivity index (χ2v) is 4.95. The van der Waals surface area contributed by atoms with Gasteiger partial charge in [0.2, 0.25) is 12.6 Å². The fourth-order valence-corrected chi connectivity index (χ4v) is 1.91. The van der Waals surface area contributed by atoms with Crippen LogP contribution in [0.4, 0.5) is 0 Å². The third kappa shape index (κ3) is 3.52. The number of nitrogens with zero attached hydrogens (tertiary/aromatic N) is 1. The Bertz CT molecular complexity index is 666. The van der Waals surface area contributed by atoms with Crippen LogP contribution in [-0.2, 0) is 0 Å². The van der Waals surface area contributed by atoms with E-state index in [0.717, 1.165) is 11.1 Å². The zero-order chi connectivity index (χ0) is 14.4. The van der Waals surface area contributed by atoms with Crippen molar-refractivity contribution in [2.45, 2.75) is 20.8 Å². The minimum Gasteiger partial charge on any atom is -0.140 e. The average Bonchev–Trinajstić information content (AvgIpc) is 2.48. The smallest absolute Gasteiger partial charge is 0.140 e. The third-order valence-electron chi connectivity index (χ3n) is 3.29. The lowest BCUT2D eigenvalue weighted by Gasteiger charge is -2.12. The molecule has 0 saturated carbocycles. The van der Waals surface area contributed by atoms with Gasteiger partial charge in [-0.25, -0.2) is 0 Å². The van der Waals surface area contributed by atoms with Crippen molar-refractivity contribution in [3.63, 3.8) is 0 Å². The van der Waals surface area contributed by atoms with Crippen LogP contribution in [0.25, 0.3) is 10.4 Å². The van der Waals surface area contributed by atoms with E-state index in [9.17, 15) is 0 Å². The zero-order valence-corrected chi connectivity index (χ0v) is 12.2. The predicted octanol–water partition coefficient (Wildman–Crippen LogP) is 5.39. The number of allylic oxidation sites excluding steroid dienone is 2. The molecule has 0 aliphatic heterocycles. The maximum atomic E-state index is 4.32. The summed E-state index contributed by atoms with van der Waals surface area (Å²) >= 11 is 0. The van der Waals surface area contributed by atoms with E-state index in [1.54, 1.807) is 0 Å². The molecule has 1 nitrogen and oxygen atoms in total. The molecule has 0 bridgehead atoms. The van der Waals surface area contributed by atoms with Gasteiger partial charge in [-0.05, 0) is 20.8 Å². The Hall–Kier alpha value is -2.46. The lowest BCUT2D eigenvalue weighted by Crippen LogP contribution is -1.89. The standard InChI is InChI=1S/C19H19N/c1-15(2)16(3)19-12-8-7-11-18(19)14-20-13-17-9-5-4-6-10-17/h4-12,14H,1-3H3. The summed E-state index contributed by atoms with van der Waals surface area (Å²) < 4.78 is 0. The van der Waals surface area contributed by atoms with Gasteiger partial charge in [-0.15, -0.1) is 17.0 Å². The first kappa shape index (κ1) is 14.0. The van der Waals surface area contributed by atoms with Gasteiger partial charge < -0.3 is 0 Å². The van der Waals surface area contributed by atoms with Crippen LogP contribution < -0.4 is 0 Å². The van der Waals surface area contributed by atoms with Gasteiger partial charge in [-0.1, -0.05) is 64.7 Å². The van der Waals surface area contributed by atoms with Crippen molar-refractivity contribution in [3.8, 4) is 6.07 Å². The molecule has 2 aromatic rings. The van der Waals surface area contributed by atoms with Crippen molar-refractivity contribution in [1.82, 2.24) is 0 Å². The van der Waals surface area contributed by atoms with Crippen LogP contribution >= 0.6 is 0 Å². The maximum Gasteiger partial charge on any atom is 0.222 e. The molecular weight excluding hydrogens is 242 g/mol. The largest absolute Gasteiger partial charge is 0.222 e. The molecule has 0 aromatic heterocycles. The van der Waals surface area contributed by atoms with Crippen LogP contribution in [0.3, 0.4) is 0 Å². The Labute approximate surface area is 121 Å². The van der Waals surface area contributed by atoms with Gasteiger partial charge in [0.05, 0.1) is 0 Å². The molecular formula is C19H19N. The van der Waals surface area contributed by atoms with Crippen LogP contribution in [0.2, 0.25) is 0 Å². The van der Waals surface area contributed by atoms with Crippen LogP contribution in [0.15, 0.2) is 60.2 Å². The summed E-state index contributed by atoms with van der Waals surface area (Å²) in [6, 6.07) is 21.3. The molecule has 0 spiro atoms.